The molecule has 7 nitrogen and oxygen atoms in total. The molecule has 0 unspecified atom stereocenters. The second-order valence-corrected chi connectivity index (χ2v) is 5.66. The van der Waals surface area contributed by atoms with Crippen LogP contribution in [0.2, 0.25) is 0 Å². The molecule has 0 bridgehead atoms. The number of ether oxygens (including phenoxy) is 1. The van der Waals surface area contributed by atoms with Crippen LogP contribution in [0, 0.1) is 0 Å². The van der Waals surface area contributed by atoms with Crippen molar-refractivity contribution in [2.45, 2.75) is 0 Å². The van der Waals surface area contributed by atoms with Crippen molar-refractivity contribution in [2.75, 3.05) is 0 Å². The topological polar surface area (TPSA) is 103 Å². The van der Waals surface area contributed by atoms with Crippen molar-refractivity contribution in [2.24, 2.45) is 0 Å². The smallest absolute Gasteiger partial charge is 0.345 e. The van der Waals surface area contributed by atoms with E-state index >= 15 is 0 Å². The minimum absolute atomic E-state index is 0.0163. The van der Waals surface area contributed by atoms with Gasteiger partial charge in [0.05, 0.1) is 17.1 Å². The number of phenols is 1. The first-order valence-corrected chi connectivity index (χ1v) is 7.95. The largest absolute Gasteiger partial charge is 0.504 e. The maximum absolute atomic E-state index is 12.2. The number of nitrogens with zero attached hydrogens (tertiary/aromatic N) is 2. The molecule has 1 aromatic carbocycles. The van der Waals surface area contributed by atoms with Gasteiger partial charge in [0.25, 0.3) is 0 Å². The Balaban J connectivity index is 1.66. The Labute approximate surface area is 152 Å². The number of fused-ring (bicyclic) bond motifs is 1. The number of pyridine rings is 2. The zero-order valence-corrected chi connectivity index (χ0v) is 13.8. The summed E-state index contributed by atoms with van der Waals surface area (Å²) in [5.41, 5.74) is 0.831. The number of benzene rings is 1. The number of hydrogen-bond acceptors (Lipinski definition) is 7. The summed E-state index contributed by atoms with van der Waals surface area (Å²) in [6.45, 7) is 0. The van der Waals surface area contributed by atoms with Gasteiger partial charge >= 0.3 is 5.97 Å². The zero-order chi connectivity index (χ0) is 18.8. The van der Waals surface area contributed by atoms with E-state index in [1.165, 1.54) is 43.0 Å². The normalized spacial score (nSPS) is 10.7. The van der Waals surface area contributed by atoms with E-state index in [0.717, 1.165) is 0 Å². The highest BCUT2D eigenvalue weighted by molar-refractivity contribution is 5.91. The molecule has 4 rings (SSSR count). The van der Waals surface area contributed by atoms with Crippen LogP contribution in [0.15, 0.2) is 76.5 Å². The number of carbonyl (C=O) groups excluding carboxylic acids is 1. The Kier molecular flexibility index (Phi) is 4.10. The van der Waals surface area contributed by atoms with Crippen LogP contribution >= 0.6 is 0 Å². The first kappa shape index (κ1) is 16.5. The molecule has 3 heterocycles. The maximum atomic E-state index is 12.2. The molecule has 1 N–H and O–H groups in total. The number of rotatable bonds is 3. The monoisotopic (exact) mass is 360 g/mol. The number of esters is 1. The van der Waals surface area contributed by atoms with E-state index in [-0.39, 0.29) is 28.3 Å². The van der Waals surface area contributed by atoms with Gasteiger partial charge in [-0.3, -0.25) is 14.8 Å². The van der Waals surface area contributed by atoms with Crippen molar-refractivity contribution in [3.8, 4) is 22.8 Å². The molecule has 0 radical (unpaired) electrons. The molecule has 0 spiro atoms. The van der Waals surface area contributed by atoms with Crippen LogP contribution in [0.5, 0.6) is 11.5 Å². The lowest BCUT2D eigenvalue weighted by molar-refractivity contribution is 0.0729. The van der Waals surface area contributed by atoms with Crippen LogP contribution in [0.4, 0.5) is 0 Å². The van der Waals surface area contributed by atoms with Crippen LogP contribution in [-0.4, -0.2) is 21.0 Å². The molecule has 132 valence electrons. The van der Waals surface area contributed by atoms with Crippen LogP contribution in [0.25, 0.3) is 22.3 Å². The fraction of sp³-hybridized carbons (Fsp3) is 0. The molecular weight excluding hydrogens is 348 g/mol. The summed E-state index contributed by atoms with van der Waals surface area (Å²) in [4.78, 5) is 32.1. The highest BCUT2D eigenvalue weighted by Crippen LogP contribution is 2.32. The number of phenolic OH excluding ortho intramolecular Hbond substituents is 1. The highest BCUT2D eigenvalue weighted by Gasteiger charge is 2.14. The number of hydrogen-bond donors (Lipinski definition) is 1. The van der Waals surface area contributed by atoms with Crippen molar-refractivity contribution in [3.05, 3.63) is 83.0 Å². The van der Waals surface area contributed by atoms with E-state index in [1.807, 2.05) is 0 Å². The average Bonchev–Trinajstić information content (AvgIpc) is 2.70. The van der Waals surface area contributed by atoms with Gasteiger partial charge in [0.2, 0.25) is 0 Å². The van der Waals surface area contributed by atoms with Gasteiger partial charge in [0.15, 0.2) is 22.5 Å². The molecule has 0 atom stereocenters. The Morgan fingerprint density at radius 1 is 1.04 bits per heavy atom. The summed E-state index contributed by atoms with van der Waals surface area (Å²) in [6.07, 6.45) is 5.86. The lowest BCUT2D eigenvalue weighted by Gasteiger charge is -2.08. The van der Waals surface area contributed by atoms with Gasteiger partial charge in [0, 0.05) is 30.2 Å². The van der Waals surface area contributed by atoms with Crippen molar-refractivity contribution < 1.29 is 19.1 Å². The average molecular weight is 360 g/mol. The van der Waals surface area contributed by atoms with Gasteiger partial charge in [-0.15, -0.1) is 0 Å². The second-order valence-electron chi connectivity index (χ2n) is 5.66. The van der Waals surface area contributed by atoms with E-state index < -0.39 is 5.97 Å². The zero-order valence-electron chi connectivity index (χ0n) is 13.8. The van der Waals surface area contributed by atoms with Crippen molar-refractivity contribution in [1.82, 2.24) is 9.97 Å². The van der Waals surface area contributed by atoms with E-state index in [0.29, 0.717) is 16.5 Å². The Hall–Kier alpha value is -4.00. The Bertz CT molecular complexity index is 1200. The minimum atomic E-state index is -0.644. The van der Waals surface area contributed by atoms with Crippen LogP contribution < -0.4 is 10.2 Å². The van der Waals surface area contributed by atoms with Crippen LogP contribution in [0.3, 0.4) is 0 Å². The molecule has 27 heavy (non-hydrogen) atoms. The van der Waals surface area contributed by atoms with Gasteiger partial charge in [0.1, 0.15) is 5.76 Å². The van der Waals surface area contributed by atoms with E-state index in [2.05, 4.69) is 9.97 Å². The first-order chi connectivity index (χ1) is 13.1. The SMILES string of the molecule is O=C(Oc1ccc(-c2cc(=O)c3ccncc3o2)cc1O)c1cccnc1. The molecule has 4 aromatic rings. The minimum Gasteiger partial charge on any atom is -0.504 e. The van der Waals surface area contributed by atoms with E-state index in [4.69, 9.17) is 9.15 Å². The number of carbonyl (C=O) groups is 1. The molecule has 0 aliphatic heterocycles. The van der Waals surface area contributed by atoms with Gasteiger partial charge in [-0.1, -0.05) is 0 Å². The van der Waals surface area contributed by atoms with Crippen molar-refractivity contribution in [3.63, 3.8) is 0 Å². The fourth-order valence-corrected chi connectivity index (χ4v) is 2.55. The first-order valence-electron chi connectivity index (χ1n) is 7.95. The quantitative estimate of drug-likeness (QED) is 0.442. The lowest BCUT2D eigenvalue weighted by atomic mass is 10.1. The van der Waals surface area contributed by atoms with Gasteiger partial charge in [-0.25, -0.2) is 4.79 Å². The van der Waals surface area contributed by atoms with Crippen molar-refractivity contribution >= 4 is 16.9 Å². The summed E-state index contributed by atoms with van der Waals surface area (Å²) >= 11 is 0. The molecule has 0 saturated carbocycles. The predicted molar refractivity (Wildman–Crippen MR) is 96.6 cm³/mol. The number of aromatic nitrogens is 2. The molecule has 0 aliphatic rings. The standard InChI is InChI=1S/C20H12N2O5/c23-15-9-18(26-19-11-22-7-5-14(15)19)12-3-4-17(16(24)8-12)27-20(25)13-2-1-6-21-10-13/h1-11,24H. The molecule has 0 saturated heterocycles. The molecule has 3 aromatic heterocycles. The van der Waals surface area contributed by atoms with Crippen LogP contribution in [-0.2, 0) is 0 Å². The second kappa shape index (κ2) is 6.72. The third kappa shape index (κ3) is 3.25. The maximum Gasteiger partial charge on any atom is 0.345 e. The van der Waals surface area contributed by atoms with Gasteiger partial charge in [-0.2, -0.15) is 0 Å². The molecule has 0 amide bonds. The van der Waals surface area contributed by atoms with Crippen LogP contribution in [0.1, 0.15) is 10.4 Å². The van der Waals surface area contributed by atoms with Gasteiger partial charge < -0.3 is 14.3 Å². The fourth-order valence-electron chi connectivity index (χ4n) is 2.55. The van der Waals surface area contributed by atoms with E-state index in [1.54, 1.807) is 24.3 Å². The highest BCUT2D eigenvalue weighted by atomic mass is 16.5. The summed E-state index contributed by atoms with van der Waals surface area (Å²) in [7, 11) is 0. The summed E-state index contributed by atoms with van der Waals surface area (Å²) in [6, 6.07) is 10.4. The Morgan fingerprint density at radius 3 is 2.67 bits per heavy atom. The van der Waals surface area contributed by atoms with Crippen molar-refractivity contribution in [1.29, 1.82) is 0 Å². The van der Waals surface area contributed by atoms with Gasteiger partial charge in [-0.05, 0) is 36.4 Å². The summed E-state index contributed by atoms with van der Waals surface area (Å²) in [5, 5.41) is 10.6. The summed E-state index contributed by atoms with van der Waals surface area (Å²) < 4.78 is 10.9. The summed E-state index contributed by atoms with van der Waals surface area (Å²) in [5.74, 6) is -0.661. The number of aromatic hydroxyl groups is 1. The molecule has 7 heteroatoms. The lowest BCUT2D eigenvalue weighted by Crippen LogP contribution is -2.08. The third-order valence-electron chi connectivity index (χ3n) is 3.88. The molecule has 0 fully saturated rings. The Morgan fingerprint density at radius 2 is 1.89 bits per heavy atom. The predicted octanol–water partition coefficient (Wildman–Crippen LogP) is 3.17. The molecular formula is C20H12N2O5. The van der Waals surface area contributed by atoms with E-state index in [9.17, 15) is 14.7 Å². The molecule has 0 aliphatic carbocycles. The third-order valence-corrected chi connectivity index (χ3v) is 3.88.